The third-order valence-corrected chi connectivity index (χ3v) is 9.68. The van der Waals surface area contributed by atoms with Gasteiger partial charge in [-0.05, 0) is 18.9 Å². The Morgan fingerprint density at radius 2 is 1.78 bits per heavy atom. The molecule has 214 valence electrons. The number of aliphatic hydroxyl groups excluding tert-OH is 1. The van der Waals surface area contributed by atoms with Crippen LogP contribution in [0.15, 0.2) is 47.1 Å². The SMILES string of the molecule is CS(=O)(=Nc1cnc(-c2ccc(-c3nc4[nH]c(O[C@@H]5CO[C@H]6[C@@H]5OC[C@H]6O)nc4cc3Cl)cc2)nc1)N1CCCC1. The van der Waals surface area contributed by atoms with Gasteiger partial charge in [0.05, 0.1) is 36.3 Å². The van der Waals surface area contributed by atoms with Crippen LogP contribution >= 0.6 is 11.6 Å². The first-order valence-electron chi connectivity index (χ1n) is 13.4. The molecule has 0 radical (unpaired) electrons. The Morgan fingerprint density at radius 1 is 1.07 bits per heavy atom. The second kappa shape index (κ2) is 10.6. The molecule has 12 nitrogen and oxygen atoms in total. The van der Waals surface area contributed by atoms with Crippen molar-refractivity contribution in [2.75, 3.05) is 32.6 Å². The number of fused-ring (bicyclic) bond motifs is 2. The van der Waals surface area contributed by atoms with Crippen molar-refractivity contribution in [1.82, 2.24) is 29.2 Å². The van der Waals surface area contributed by atoms with Crippen LogP contribution in [0.4, 0.5) is 5.69 Å². The molecule has 2 N–H and O–H groups in total. The summed E-state index contributed by atoms with van der Waals surface area (Å²) in [5, 5.41) is 10.4. The van der Waals surface area contributed by atoms with Crippen molar-refractivity contribution in [3.05, 3.63) is 47.7 Å². The first-order valence-corrected chi connectivity index (χ1v) is 15.6. The van der Waals surface area contributed by atoms with Crippen molar-refractivity contribution in [2.24, 2.45) is 4.36 Å². The van der Waals surface area contributed by atoms with E-state index in [0.717, 1.165) is 37.1 Å². The number of imidazole rings is 1. The fraction of sp³-hybridized carbons (Fsp3) is 0.407. The number of aliphatic hydroxyl groups is 1. The van der Waals surface area contributed by atoms with E-state index in [9.17, 15) is 9.32 Å². The van der Waals surface area contributed by atoms with E-state index in [1.54, 1.807) is 24.7 Å². The Morgan fingerprint density at radius 3 is 2.54 bits per heavy atom. The van der Waals surface area contributed by atoms with Crippen LogP contribution in [-0.2, 0) is 19.4 Å². The van der Waals surface area contributed by atoms with Crippen LogP contribution in [-0.4, -0.2) is 95.5 Å². The van der Waals surface area contributed by atoms with Crippen molar-refractivity contribution < 1.29 is 23.5 Å². The molecular weight excluding hydrogens is 570 g/mol. The standard InChI is InChI=1S/C27H28ClN7O5S/c1-41(37,35-8-2-3-9-35)34-17-11-29-25(30-12-17)16-6-4-15(5-7-16)22-18(28)10-19-26(32-22)33-27(31-19)40-21-14-39-23-20(36)13-38-24(21)23/h4-7,10-12,20-21,23-24,36H,2-3,8-9,13-14H2,1H3,(H,31,32,33)/t20-,21-,23-,24-,41?/m1/s1. The first-order chi connectivity index (χ1) is 19.8. The van der Waals surface area contributed by atoms with E-state index in [0.29, 0.717) is 40.0 Å². The number of nitrogens with one attached hydrogen (secondary N) is 1. The van der Waals surface area contributed by atoms with Crippen LogP contribution in [0.25, 0.3) is 33.8 Å². The lowest BCUT2D eigenvalue weighted by molar-refractivity contribution is 0.00706. The zero-order valence-corrected chi connectivity index (χ0v) is 23.7. The molecular formula is C27H28ClN7O5S. The molecule has 5 atom stereocenters. The molecule has 3 fully saturated rings. The van der Waals surface area contributed by atoms with Crippen molar-refractivity contribution >= 4 is 38.4 Å². The zero-order valence-electron chi connectivity index (χ0n) is 22.1. The maximum Gasteiger partial charge on any atom is 0.296 e. The summed E-state index contributed by atoms with van der Waals surface area (Å²) in [5.41, 5.74) is 3.78. The summed E-state index contributed by atoms with van der Waals surface area (Å²) in [6, 6.07) is 9.60. The number of hydrogen-bond acceptors (Lipinski definition) is 10. The van der Waals surface area contributed by atoms with Crippen LogP contribution in [0, 0.1) is 0 Å². The topological polar surface area (TPSA) is 148 Å². The average molecular weight is 598 g/mol. The number of pyridine rings is 1. The molecule has 1 unspecified atom stereocenters. The molecule has 6 heterocycles. The fourth-order valence-corrected chi connectivity index (χ4v) is 7.21. The van der Waals surface area contributed by atoms with Gasteiger partial charge in [-0.1, -0.05) is 35.9 Å². The van der Waals surface area contributed by atoms with Crippen molar-refractivity contribution in [3.8, 4) is 28.7 Å². The molecule has 3 saturated heterocycles. The van der Waals surface area contributed by atoms with Gasteiger partial charge in [0.2, 0.25) is 0 Å². The summed E-state index contributed by atoms with van der Waals surface area (Å²) >= 11 is 6.59. The van der Waals surface area contributed by atoms with Crippen molar-refractivity contribution in [1.29, 1.82) is 0 Å². The number of H-pyrrole nitrogens is 1. The minimum atomic E-state index is -2.48. The molecule has 3 aliphatic heterocycles. The molecule has 0 spiro atoms. The Balaban J connectivity index is 1.08. The highest BCUT2D eigenvalue weighted by Gasteiger charge is 2.48. The van der Waals surface area contributed by atoms with Gasteiger partial charge in [-0.15, -0.1) is 0 Å². The summed E-state index contributed by atoms with van der Waals surface area (Å²) in [6.07, 6.45) is 5.15. The number of aromatic nitrogens is 5. The van der Waals surface area contributed by atoms with Crippen molar-refractivity contribution in [2.45, 2.75) is 37.3 Å². The number of aromatic amines is 1. The van der Waals surface area contributed by atoms with Crippen LogP contribution in [0.2, 0.25) is 5.02 Å². The van der Waals surface area contributed by atoms with Gasteiger partial charge in [-0.25, -0.2) is 23.5 Å². The highest BCUT2D eigenvalue weighted by atomic mass is 35.5. The smallest absolute Gasteiger partial charge is 0.296 e. The lowest BCUT2D eigenvalue weighted by Crippen LogP contribution is -2.34. The molecule has 3 aliphatic rings. The minimum absolute atomic E-state index is 0.225. The van der Waals surface area contributed by atoms with Crippen LogP contribution in [0.1, 0.15) is 12.8 Å². The Kier molecular flexibility index (Phi) is 6.88. The van der Waals surface area contributed by atoms with Crippen LogP contribution in [0.5, 0.6) is 6.01 Å². The van der Waals surface area contributed by atoms with Crippen LogP contribution < -0.4 is 4.74 Å². The number of rotatable bonds is 6. The molecule has 41 heavy (non-hydrogen) atoms. The molecule has 3 aromatic heterocycles. The minimum Gasteiger partial charge on any atom is -0.456 e. The molecule has 7 rings (SSSR count). The maximum atomic E-state index is 13.0. The Bertz CT molecular complexity index is 1700. The predicted octanol–water partition coefficient (Wildman–Crippen LogP) is 3.38. The van der Waals surface area contributed by atoms with Gasteiger partial charge in [0.25, 0.3) is 6.01 Å². The lowest BCUT2D eigenvalue weighted by Gasteiger charge is -2.16. The van der Waals surface area contributed by atoms with E-state index >= 15 is 0 Å². The van der Waals surface area contributed by atoms with Gasteiger partial charge >= 0.3 is 0 Å². The predicted molar refractivity (Wildman–Crippen MR) is 152 cm³/mol. The van der Waals surface area contributed by atoms with Crippen molar-refractivity contribution in [3.63, 3.8) is 0 Å². The summed E-state index contributed by atoms with van der Waals surface area (Å²) in [7, 11) is -2.48. The van der Waals surface area contributed by atoms with E-state index in [1.807, 2.05) is 28.6 Å². The van der Waals surface area contributed by atoms with E-state index in [1.165, 1.54) is 0 Å². The summed E-state index contributed by atoms with van der Waals surface area (Å²) < 4.78 is 36.5. The van der Waals surface area contributed by atoms with Gasteiger partial charge in [0.1, 0.15) is 39.4 Å². The largest absolute Gasteiger partial charge is 0.456 e. The third kappa shape index (κ3) is 5.17. The third-order valence-electron chi connectivity index (χ3n) is 7.52. The molecule has 1 aromatic carbocycles. The number of hydrogen-bond donors (Lipinski definition) is 2. The number of ether oxygens (including phenoxy) is 3. The van der Waals surface area contributed by atoms with Crippen LogP contribution in [0.3, 0.4) is 0 Å². The second-order valence-electron chi connectivity index (χ2n) is 10.4. The van der Waals surface area contributed by atoms with Gasteiger partial charge in [-0.2, -0.15) is 9.35 Å². The summed E-state index contributed by atoms with van der Waals surface area (Å²) in [6.45, 7) is 2.11. The molecule has 0 bridgehead atoms. The Hall–Kier alpha value is -3.20. The number of nitrogens with zero attached hydrogens (tertiary/aromatic N) is 6. The highest BCUT2D eigenvalue weighted by Crippen LogP contribution is 2.33. The van der Waals surface area contributed by atoms with E-state index in [2.05, 4.69) is 24.3 Å². The molecule has 0 aliphatic carbocycles. The number of halogens is 1. The van der Waals surface area contributed by atoms with E-state index in [-0.39, 0.29) is 30.9 Å². The number of benzene rings is 1. The highest BCUT2D eigenvalue weighted by molar-refractivity contribution is 7.90. The lowest BCUT2D eigenvalue weighted by atomic mass is 10.1. The first kappa shape index (κ1) is 26.7. The van der Waals surface area contributed by atoms with Gasteiger partial charge < -0.3 is 19.3 Å². The molecule has 14 heteroatoms. The maximum absolute atomic E-state index is 13.0. The molecule has 0 saturated carbocycles. The molecule has 0 amide bonds. The van der Waals surface area contributed by atoms with Gasteiger partial charge in [0.15, 0.2) is 17.6 Å². The second-order valence-corrected chi connectivity index (χ2v) is 13.0. The molecule has 4 aromatic rings. The van der Waals surface area contributed by atoms with Gasteiger partial charge in [-0.3, -0.25) is 4.98 Å². The normalized spacial score (nSPS) is 25.8. The fourth-order valence-electron chi connectivity index (χ4n) is 5.42. The monoisotopic (exact) mass is 597 g/mol. The summed E-state index contributed by atoms with van der Waals surface area (Å²) in [5.74, 6) is 0.529. The Labute approximate surface area is 241 Å². The average Bonchev–Trinajstić information content (AvgIpc) is 3.76. The van der Waals surface area contributed by atoms with E-state index in [4.69, 9.17) is 30.8 Å². The quantitative estimate of drug-likeness (QED) is 0.341. The zero-order chi connectivity index (χ0) is 28.1. The summed E-state index contributed by atoms with van der Waals surface area (Å²) in [4.78, 5) is 21.1. The van der Waals surface area contributed by atoms with E-state index < -0.39 is 16.0 Å². The van der Waals surface area contributed by atoms with Gasteiger partial charge in [0, 0.05) is 30.5 Å².